The quantitative estimate of drug-likeness (QED) is 0.413. The van der Waals surface area contributed by atoms with Gasteiger partial charge in [0.05, 0.1) is 5.69 Å². The summed E-state index contributed by atoms with van der Waals surface area (Å²) in [5.41, 5.74) is 6.92. The minimum Gasteiger partial charge on any atom is -0.256 e. The van der Waals surface area contributed by atoms with E-state index in [4.69, 9.17) is 4.98 Å². The van der Waals surface area contributed by atoms with Crippen molar-refractivity contribution in [3.63, 3.8) is 0 Å². The Morgan fingerprint density at radius 3 is 1.52 bits per heavy atom. The van der Waals surface area contributed by atoms with Crippen molar-refractivity contribution in [3.8, 4) is 33.5 Å². The predicted octanol–water partition coefficient (Wildman–Crippen LogP) is 5.70. The van der Waals surface area contributed by atoms with Crippen LogP contribution in [-0.4, -0.2) is 30.8 Å². The van der Waals surface area contributed by atoms with Gasteiger partial charge in [-0.1, -0.05) is 91.0 Å². The SMILES string of the molecule is [In].c1ccc(-c2ccnc(-c3ccccc3)c2-c2ccccc2)cc1. The molecule has 3 radical (unpaired) electrons. The summed E-state index contributed by atoms with van der Waals surface area (Å²) in [6.45, 7) is 0. The summed E-state index contributed by atoms with van der Waals surface area (Å²) >= 11 is 0. The molecular weight excluding hydrogens is 405 g/mol. The molecule has 0 aliphatic carbocycles. The number of pyridine rings is 1. The molecule has 3 aromatic carbocycles. The Morgan fingerprint density at radius 2 is 0.960 bits per heavy atom. The molecule has 0 bridgehead atoms. The molecular formula is C23H17InN. The van der Waals surface area contributed by atoms with Crippen molar-refractivity contribution >= 4 is 25.8 Å². The minimum atomic E-state index is 0. The van der Waals surface area contributed by atoms with Crippen LogP contribution in [0.3, 0.4) is 0 Å². The standard InChI is InChI=1S/C23H17N.In/c1-4-10-18(11-5-1)21-16-17-24-23(20-14-8-3-9-15-20)22(21)19-12-6-2-7-13-19;/h1-17H;. The van der Waals surface area contributed by atoms with Crippen molar-refractivity contribution in [2.24, 2.45) is 0 Å². The second-order valence-electron chi connectivity index (χ2n) is 5.68. The monoisotopic (exact) mass is 422 g/mol. The molecule has 0 N–H and O–H groups in total. The van der Waals surface area contributed by atoms with E-state index in [9.17, 15) is 0 Å². The van der Waals surface area contributed by atoms with Crippen LogP contribution >= 0.6 is 0 Å². The second-order valence-corrected chi connectivity index (χ2v) is 5.68. The molecule has 1 heterocycles. The Bertz CT molecular complexity index is 878. The third kappa shape index (κ3) is 3.69. The van der Waals surface area contributed by atoms with Crippen LogP contribution in [0.1, 0.15) is 0 Å². The summed E-state index contributed by atoms with van der Waals surface area (Å²) in [7, 11) is 0. The van der Waals surface area contributed by atoms with Crippen LogP contribution < -0.4 is 0 Å². The third-order valence-electron chi connectivity index (χ3n) is 4.15. The average molecular weight is 422 g/mol. The first-order chi connectivity index (χ1) is 11.9. The summed E-state index contributed by atoms with van der Waals surface area (Å²) in [5.74, 6) is 0. The van der Waals surface area contributed by atoms with Crippen molar-refractivity contribution in [1.82, 2.24) is 4.98 Å². The molecule has 25 heavy (non-hydrogen) atoms. The van der Waals surface area contributed by atoms with Crippen LogP contribution in [0.5, 0.6) is 0 Å². The van der Waals surface area contributed by atoms with Gasteiger partial charge in [0, 0.05) is 43.2 Å². The van der Waals surface area contributed by atoms with Crippen LogP contribution in [0, 0.1) is 0 Å². The smallest absolute Gasteiger partial charge is 0.0786 e. The van der Waals surface area contributed by atoms with Crippen LogP contribution in [0.2, 0.25) is 0 Å². The first-order valence-corrected chi connectivity index (χ1v) is 8.09. The molecule has 0 amide bonds. The number of hydrogen-bond acceptors (Lipinski definition) is 1. The van der Waals surface area contributed by atoms with E-state index in [2.05, 4.69) is 78.9 Å². The Morgan fingerprint density at radius 1 is 0.480 bits per heavy atom. The summed E-state index contributed by atoms with van der Waals surface area (Å²) in [4.78, 5) is 4.71. The summed E-state index contributed by atoms with van der Waals surface area (Å²) < 4.78 is 0. The van der Waals surface area contributed by atoms with E-state index in [1.165, 1.54) is 22.3 Å². The first kappa shape index (κ1) is 17.5. The third-order valence-corrected chi connectivity index (χ3v) is 4.15. The van der Waals surface area contributed by atoms with Gasteiger partial charge in [-0.25, -0.2) is 0 Å². The minimum absolute atomic E-state index is 0. The number of benzene rings is 3. The van der Waals surface area contributed by atoms with Gasteiger partial charge in [0.2, 0.25) is 0 Å². The Hall–Kier alpha value is -2.32. The normalized spacial score (nSPS) is 10.1. The number of nitrogens with zero attached hydrogens (tertiary/aromatic N) is 1. The maximum absolute atomic E-state index is 4.71. The predicted molar refractivity (Wildman–Crippen MR) is 106 cm³/mol. The largest absolute Gasteiger partial charge is 0.256 e. The van der Waals surface area contributed by atoms with Crippen LogP contribution in [-0.2, 0) is 0 Å². The summed E-state index contributed by atoms with van der Waals surface area (Å²) in [6.07, 6.45) is 1.90. The van der Waals surface area contributed by atoms with Crippen LogP contribution in [0.25, 0.3) is 33.5 Å². The fourth-order valence-corrected chi connectivity index (χ4v) is 3.03. The van der Waals surface area contributed by atoms with Crippen molar-refractivity contribution in [2.75, 3.05) is 0 Å². The molecule has 2 heteroatoms. The topological polar surface area (TPSA) is 12.9 Å². The first-order valence-electron chi connectivity index (χ1n) is 8.09. The zero-order valence-corrected chi connectivity index (χ0v) is 17.1. The van der Waals surface area contributed by atoms with Gasteiger partial charge in [0.15, 0.2) is 0 Å². The van der Waals surface area contributed by atoms with Gasteiger partial charge in [-0.2, -0.15) is 0 Å². The van der Waals surface area contributed by atoms with E-state index in [-0.39, 0.29) is 25.8 Å². The molecule has 0 fully saturated rings. The van der Waals surface area contributed by atoms with E-state index in [0.29, 0.717) is 0 Å². The maximum Gasteiger partial charge on any atom is 0.0786 e. The van der Waals surface area contributed by atoms with Gasteiger partial charge >= 0.3 is 0 Å². The fraction of sp³-hybridized carbons (Fsp3) is 0. The maximum atomic E-state index is 4.71. The van der Waals surface area contributed by atoms with Crippen molar-refractivity contribution in [3.05, 3.63) is 103 Å². The van der Waals surface area contributed by atoms with E-state index >= 15 is 0 Å². The van der Waals surface area contributed by atoms with E-state index in [0.717, 1.165) is 11.3 Å². The van der Waals surface area contributed by atoms with Gasteiger partial charge < -0.3 is 0 Å². The molecule has 1 nitrogen and oxygen atoms in total. The molecule has 0 unspecified atom stereocenters. The molecule has 0 spiro atoms. The molecule has 0 saturated heterocycles. The Labute approximate surface area is 167 Å². The molecule has 117 valence electrons. The number of aromatic nitrogens is 1. The van der Waals surface area contributed by atoms with Crippen LogP contribution in [0.15, 0.2) is 103 Å². The van der Waals surface area contributed by atoms with Gasteiger partial charge in [-0.3, -0.25) is 4.98 Å². The number of hydrogen-bond donors (Lipinski definition) is 0. The van der Waals surface area contributed by atoms with Crippen molar-refractivity contribution < 1.29 is 0 Å². The molecule has 0 atom stereocenters. The Balaban J connectivity index is 0.00000182. The van der Waals surface area contributed by atoms with Crippen LogP contribution in [0.4, 0.5) is 0 Å². The zero-order chi connectivity index (χ0) is 16.2. The summed E-state index contributed by atoms with van der Waals surface area (Å²) in [5, 5.41) is 0. The Kier molecular flexibility index (Phi) is 5.72. The molecule has 4 rings (SSSR count). The van der Waals surface area contributed by atoms with Gasteiger partial charge in [-0.05, 0) is 22.8 Å². The molecule has 0 saturated carbocycles. The van der Waals surface area contributed by atoms with E-state index in [1.54, 1.807) is 0 Å². The van der Waals surface area contributed by atoms with Gasteiger partial charge in [0.1, 0.15) is 0 Å². The molecule has 0 aliphatic rings. The second kappa shape index (κ2) is 8.17. The molecule has 4 aromatic rings. The zero-order valence-electron chi connectivity index (χ0n) is 13.8. The van der Waals surface area contributed by atoms with E-state index in [1.807, 2.05) is 24.4 Å². The van der Waals surface area contributed by atoms with E-state index < -0.39 is 0 Å². The summed E-state index contributed by atoms with van der Waals surface area (Å²) in [6, 6.07) is 33.5. The van der Waals surface area contributed by atoms with Crippen molar-refractivity contribution in [2.45, 2.75) is 0 Å². The van der Waals surface area contributed by atoms with Gasteiger partial charge in [0.25, 0.3) is 0 Å². The molecule has 1 aromatic heterocycles. The van der Waals surface area contributed by atoms with Crippen molar-refractivity contribution in [1.29, 1.82) is 0 Å². The van der Waals surface area contributed by atoms with Gasteiger partial charge in [-0.15, -0.1) is 0 Å². The number of rotatable bonds is 3. The molecule has 0 aliphatic heterocycles. The fourth-order valence-electron chi connectivity index (χ4n) is 3.03. The average Bonchev–Trinajstić information content (AvgIpc) is 2.69.